The molecule has 37 heavy (non-hydrogen) atoms. The van der Waals surface area contributed by atoms with Crippen LogP contribution in [0.15, 0.2) is 59.8 Å². The summed E-state index contributed by atoms with van der Waals surface area (Å²) in [7, 11) is 0. The van der Waals surface area contributed by atoms with E-state index in [4.69, 9.17) is 4.74 Å². The number of rotatable bonds is 5. The molecule has 3 aliphatic heterocycles. The van der Waals surface area contributed by atoms with Gasteiger partial charge in [-0.25, -0.2) is 9.78 Å². The average Bonchev–Trinajstić information content (AvgIpc) is 3.27. The van der Waals surface area contributed by atoms with Crippen molar-refractivity contribution in [2.75, 3.05) is 18.0 Å². The van der Waals surface area contributed by atoms with Gasteiger partial charge in [-0.3, -0.25) is 9.69 Å². The summed E-state index contributed by atoms with van der Waals surface area (Å²) >= 11 is 1.40. The van der Waals surface area contributed by atoms with Gasteiger partial charge in [0.2, 0.25) is 5.91 Å². The number of ether oxygens (including phenoxy) is 1. The minimum atomic E-state index is -0.480. The highest BCUT2D eigenvalue weighted by atomic mass is 32.2. The lowest BCUT2D eigenvalue weighted by atomic mass is 9.99. The molecule has 3 atom stereocenters. The molecule has 3 amide bonds. The Labute approximate surface area is 218 Å². The number of benzene rings is 2. The van der Waals surface area contributed by atoms with Gasteiger partial charge in [-0.05, 0) is 68.3 Å². The van der Waals surface area contributed by atoms with Gasteiger partial charge in [0.05, 0.1) is 17.4 Å². The molecule has 0 radical (unpaired) electrons. The molecule has 0 spiro atoms. The molecule has 10 heteroatoms. The predicted octanol–water partition coefficient (Wildman–Crippen LogP) is 4.13. The van der Waals surface area contributed by atoms with Gasteiger partial charge in [0.25, 0.3) is 0 Å². The van der Waals surface area contributed by atoms with Crippen molar-refractivity contribution in [2.24, 2.45) is 0 Å². The molecule has 1 fully saturated rings. The maximum absolute atomic E-state index is 13.5. The van der Waals surface area contributed by atoms with Gasteiger partial charge in [-0.2, -0.15) is 0 Å². The van der Waals surface area contributed by atoms with Crippen molar-refractivity contribution in [2.45, 2.75) is 42.1 Å². The first-order valence-electron chi connectivity index (χ1n) is 12.3. The third-order valence-electron chi connectivity index (χ3n) is 6.91. The molecule has 4 heterocycles. The fourth-order valence-electron chi connectivity index (χ4n) is 5.14. The number of urea groups is 1. The van der Waals surface area contributed by atoms with Crippen LogP contribution in [0, 0.1) is 6.92 Å². The zero-order chi connectivity index (χ0) is 25.5. The van der Waals surface area contributed by atoms with Gasteiger partial charge in [-0.15, -0.1) is 0 Å². The van der Waals surface area contributed by atoms with E-state index in [1.165, 1.54) is 11.8 Å². The summed E-state index contributed by atoms with van der Waals surface area (Å²) in [6, 6.07) is 13.3. The Morgan fingerprint density at radius 1 is 1.22 bits per heavy atom. The number of hydrogen-bond acceptors (Lipinski definition) is 7. The van der Waals surface area contributed by atoms with Crippen molar-refractivity contribution in [3.63, 3.8) is 0 Å². The normalized spacial score (nSPS) is 22.2. The number of nitrogens with zero attached hydrogens (tertiary/aromatic N) is 2. The van der Waals surface area contributed by atoms with Gasteiger partial charge in [-0.1, -0.05) is 23.9 Å². The lowest BCUT2D eigenvalue weighted by Gasteiger charge is -2.35. The Hall–Kier alpha value is -3.76. The highest BCUT2D eigenvalue weighted by molar-refractivity contribution is 8.01. The number of phenolic OH excluding ortho intramolecular Hbond substituents is 1. The number of para-hydroxylation sites is 2. The topological polar surface area (TPSA) is 116 Å². The second-order valence-electron chi connectivity index (χ2n) is 9.42. The fraction of sp³-hybridized carbons (Fsp3) is 0.296. The van der Waals surface area contributed by atoms with Crippen LogP contribution in [0.5, 0.6) is 17.2 Å². The van der Waals surface area contributed by atoms with E-state index in [2.05, 4.69) is 20.9 Å². The van der Waals surface area contributed by atoms with E-state index < -0.39 is 11.3 Å². The molecule has 2 aromatic carbocycles. The van der Waals surface area contributed by atoms with Crippen LogP contribution in [0.1, 0.15) is 30.0 Å². The van der Waals surface area contributed by atoms with Gasteiger partial charge >= 0.3 is 6.03 Å². The van der Waals surface area contributed by atoms with Crippen molar-refractivity contribution in [1.29, 1.82) is 0 Å². The van der Waals surface area contributed by atoms with E-state index >= 15 is 0 Å². The lowest BCUT2D eigenvalue weighted by Crippen LogP contribution is -2.52. The summed E-state index contributed by atoms with van der Waals surface area (Å²) in [5, 5.41) is 19.8. The Bertz CT molecular complexity index is 1380. The number of carbonyl (C=O) groups is 2. The van der Waals surface area contributed by atoms with Crippen molar-refractivity contribution < 1.29 is 19.4 Å². The SMILES string of the molecule is Cc1cc(Oc2ccccc2O)ccc1N1C(=O)NC2c3c1ccnc3S[C@H]2C(=O)NC1CCCNC1. The number of piperidine rings is 1. The quantitative estimate of drug-likeness (QED) is 0.402. The number of carbonyl (C=O) groups excluding carboxylic acids is 2. The molecule has 190 valence electrons. The number of thioether (sulfide) groups is 1. The molecular weight excluding hydrogens is 490 g/mol. The molecule has 9 nitrogen and oxygen atoms in total. The lowest BCUT2D eigenvalue weighted by molar-refractivity contribution is -0.121. The first kappa shape index (κ1) is 23.6. The average molecular weight is 518 g/mol. The van der Waals surface area contributed by atoms with E-state index in [1.54, 1.807) is 41.4 Å². The van der Waals surface area contributed by atoms with E-state index in [0.717, 1.165) is 47.8 Å². The third-order valence-corrected chi connectivity index (χ3v) is 8.20. The summed E-state index contributed by atoms with van der Waals surface area (Å²) in [6.07, 6.45) is 3.65. The van der Waals surface area contributed by atoms with E-state index in [0.29, 0.717) is 17.2 Å². The van der Waals surface area contributed by atoms with Crippen molar-refractivity contribution in [1.82, 2.24) is 20.9 Å². The van der Waals surface area contributed by atoms with Crippen LogP contribution in [-0.4, -0.2) is 46.4 Å². The van der Waals surface area contributed by atoms with E-state index in [-0.39, 0.29) is 23.7 Å². The molecule has 0 aliphatic carbocycles. The zero-order valence-electron chi connectivity index (χ0n) is 20.2. The predicted molar refractivity (Wildman–Crippen MR) is 141 cm³/mol. The molecule has 0 saturated carbocycles. The Morgan fingerprint density at radius 2 is 2.08 bits per heavy atom. The Morgan fingerprint density at radius 3 is 2.86 bits per heavy atom. The van der Waals surface area contributed by atoms with Crippen LogP contribution in [0.4, 0.5) is 16.2 Å². The molecular formula is C27H27N5O4S. The van der Waals surface area contributed by atoms with E-state index in [9.17, 15) is 14.7 Å². The van der Waals surface area contributed by atoms with Crippen LogP contribution < -0.4 is 25.6 Å². The molecule has 3 aliphatic rings. The number of aromatic hydroxyl groups is 1. The summed E-state index contributed by atoms with van der Waals surface area (Å²) in [5.41, 5.74) is 3.10. The van der Waals surface area contributed by atoms with E-state index in [1.807, 2.05) is 25.1 Å². The first-order chi connectivity index (χ1) is 18.0. The maximum Gasteiger partial charge on any atom is 0.327 e. The summed E-state index contributed by atoms with van der Waals surface area (Å²) in [6.45, 7) is 3.63. The molecule has 3 aromatic rings. The second-order valence-corrected chi connectivity index (χ2v) is 10.6. The minimum Gasteiger partial charge on any atom is -0.504 e. The summed E-state index contributed by atoms with van der Waals surface area (Å²) < 4.78 is 5.85. The molecule has 6 rings (SSSR count). The zero-order valence-corrected chi connectivity index (χ0v) is 21.0. The van der Waals surface area contributed by atoms with Gasteiger partial charge < -0.3 is 25.8 Å². The third kappa shape index (κ3) is 4.36. The van der Waals surface area contributed by atoms with Crippen LogP contribution in [0.25, 0.3) is 0 Å². The monoisotopic (exact) mass is 517 g/mol. The van der Waals surface area contributed by atoms with Gasteiger partial charge in [0.15, 0.2) is 11.5 Å². The molecule has 1 aromatic heterocycles. The van der Waals surface area contributed by atoms with Crippen LogP contribution in [0.2, 0.25) is 0 Å². The number of hydrogen-bond donors (Lipinski definition) is 4. The Balaban J connectivity index is 1.27. The standard InChI is InChI=1S/C27H27N5O4S/c1-15-13-17(36-21-7-3-2-6-20(21)33)8-9-18(15)32-19-10-12-29-26-22(19)23(31-27(32)35)24(37-26)25(34)30-16-5-4-11-28-14-16/h2-3,6-10,12-13,16,23-24,28,33H,4-5,11,14H2,1H3,(H,30,34)(H,31,35)/t16?,23?,24-/m1/s1. The minimum absolute atomic E-state index is 0.0499. The summed E-state index contributed by atoms with van der Waals surface area (Å²) in [4.78, 5) is 32.8. The number of aromatic nitrogens is 1. The number of nitrogens with one attached hydrogen (secondary N) is 3. The number of phenols is 1. The van der Waals surface area contributed by atoms with Crippen molar-refractivity contribution in [3.05, 3.63) is 65.9 Å². The molecule has 0 bridgehead atoms. The molecule has 1 saturated heterocycles. The number of pyridine rings is 1. The highest BCUT2D eigenvalue weighted by Crippen LogP contribution is 2.51. The van der Waals surface area contributed by atoms with Gasteiger partial charge in [0, 0.05) is 24.3 Å². The van der Waals surface area contributed by atoms with Crippen LogP contribution in [-0.2, 0) is 4.79 Å². The van der Waals surface area contributed by atoms with Crippen molar-refractivity contribution in [3.8, 4) is 17.2 Å². The number of amides is 3. The summed E-state index contributed by atoms with van der Waals surface area (Å²) in [5.74, 6) is 0.866. The van der Waals surface area contributed by atoms with Crippen molar-refractivity contribution >= 4 is 35.1 Å². The second kappa shape index (κ2) is 9.60. The Kier molecular flexibility index (Phi) is 6.13. The van der Waals surface area contributed by atoms with Crippen LogP contribution >= 0.6 is 11.8 Å². The smallest absolute Gasteiger partial charge is 0.327 e. The first-order valence-corrected chi connectivity index (χ1v) is 13.2. The van der Waals surface area contributed by atoms with Crippen LogP contribution in [0.3, 0.4) is 0 Å². The number of anilines is 2. The van der Waals surface area contributed by atoms with Gasteiger partial charge in [0.1, 0.15) is 16.0 Å². The maximum atomic E-state index is 13.5. The largest absolute Gasteiger partial charge is 0.504 e. The number of aryl methyl sites for hydroxylation is 1. The molecule has 4 N–H and O–H groups in total. The fourth-order valence-corrected chi connectivity index (χ4v) is 6.37. The highest BCUT2D eigenvalue weighted by Gasteiger charge is 2.47. The molecule has 2 unspecified atom stereocenters.